The van der Waals surface area contributed by atoms with Crippen LogP contribution in [0, 0.1) is 5.82 Å². The zero-order chi connectivity index (χ0) is 17.2. The zero-order valence-electron chi connectivity index (χ0n) is 13.1. The van der Waals surface area contributed by atoms with E-state index in [1.54, 1.807) is 36.4 Å². The van der Waals surface area contributed by atoms with Gasteiger partial charge >= 0.3 is 0 Å². The van der Waals surface area contributed by atoms with Gasteiger partial charge in [-0.1, -0.05) is 30.3 Å². The Morgan fingerprint density at radius 3 is 2.33 bits per heavy atom. The number of carbonyl (C=O) groups excluding carboxylic acids is 2. The second-order valence-electron chi connectivity index (χ2n) is 5.00. The fourth-order valence-electron chi connectivity index (χ4n) is 1.97. The van der Waals surface area contributed by atoms with Crippen LogP contribution in [-0.2, 0) is 4.79 Å². The van der Waals surface area contributed by atoms with E-state index >= 15 is 0 Å². The van der Waals surface area contributed by atoms with Gasteiger partial charge in [-0.3, -0.25) is 9.59 Å². The maximum absolute atomic E-state index is 13.3. The number of ether oxygens (including phenoxy) is 1. The van der Waals surface area contributed by atoms with Crippen molar-refractivity contribution in [2.24, 2.45) is 0 Å². The summed E-state index contributed by atoms with van der Waals surface area (Å²) < 4.78 is 18.5. The lowest BCUT2D eigenvalue weighted by Crippen LogP contribution is -2.35. The molecule has 6 heteroatoms. The largest absolute Gasteiger partial charge is 0.490 e. The third kappa shape index (κ3) is 5.72. The summed E-state index contributed by atoms with van der Waals surface area (Å²) >= 11 is 0. The molecule has 0 aliphatic carbocycles. The van der Waals surface area contributed by atoms with Gasteiger partial charge in [0.1, 0.15) is 0 Å². The molecular weight excluding hydrogens is 311 g/mol. The van der Waals surface area contributed by atoms with Crippen molar-refractivity contribution in [3.8, 4) is 5.75 Å². The molecule has 126 valence electrons. The SMILES string of the molecule is O=C(CCOc1ccccc1F)NCCNC(=O)c1ccccc1. The molecule has 0 aliphatic heterocycles. The molecule has 0 fully saturated rings. The van der Waals surface area contributed by atoms with E-state index in [2.05, 4.69) is 10.6 Å². The first kappa shape index (κ1) is 17.5. The Labute approximate surface area is 139 Å². The standard InChI is InChI=1S/C18H19FN2O3/c19-15-8-4-5-9-16(15)24-13-10-17(22)20-11-12-21-18(23)14-6-2-1-3-7-14/h1-9H,10-13H2,(H,20,22)(H,21,23). The molecule has 5 nitrogen and oxygen atoms in total. The first-order valence-corrected chi connectivity index (χ1v) is 7.64. The van der Waals surface area contributed by atoms with Gasteiger partial charge in [0.15, 0.2) is 11.6 Å². The van der Waals surface area contributed by atoms with Crippen LogP contribution in [0.4, 0.5) is 4.39 Å². The van der Waals surface area contributed by atoms with E-state index < -0.39 is 5.82 Å². The molecule has 0 aromatic heterocycles. The monoisotopic (exact) mass is 330 g/mol. The lowest BCUT2D eigenvalue weighted by molar-refractivity contribution is -0.121. The van der Waals surface area contributed by atoms with Gasteiger partial charge in [-0.2, -0.15) is 0 Å². The molecular formula is C18H19FN2O3. The third-order valence-corrected chi connectivity index (χ3v) is 3.19. The summed E-state index contributed by atoms with van der Waals surface area (Å²) in [4.78, 5) is 23.4. The van der Waals surface area contributed by atoms with Gasteiger partial charge in [0, 0.05) is 18.7 Å². The van der Waals surface area contributed by atoms with Gasteiger partial charge in [0.2, 0.25) is 5.91 Å². The van der Waals surface area contributed by atoms with Crippen LogP contribution in [-0.4, -0.2) is 31.5 Å². The van der Waals surface area contributed by atoms with Crippen molar-refractivity contribution in [1.82, 2.24) is 10.6 Å². The van der Waals surface area contributed by atoms with Gasteiger partial charge in [-0.25, -0.2) is 4.39 Å². The summed E-state index contributed by atoms with van der Waals surface area (Å²) in [6.45, 7) is 0.730. The number of nitrogens with one attached hydrogen (secondary N) is 2. The Kier molecular flexibility index (Phi) is 6.76. The van der Waals surface area contributed by atoms with E-state index in [0.717, 1.165) is 0 Å². The molecule has 2 N–H and O–H groups in total. The van der Waals surface area contributed by atoms with Crippen LogP contribution in [0.2, 0.25) is 0 Å². The average Bonchev–Trinajstić information content (AvgIpc) is 2.61. The Balaban J connectivity index is 1.58. The summed E-state index contributed by atoms with van der Waals surface area (Å²) in [6, 6.07) is 14.9. The fourth-order valence-corrected chi connectivity index (χ4v) is 1.97. The average molecular weight is 330 g/mol. The van der Waals surface area contributed by atoms with Crippen LogP contribution >= 0.6 is 0 Å². The number of rotatable bonds is 8. The number of benzene rings is 2. The van der Waals surface area contributed by atoms with Gasteiger partial charge in [-0.05, 0) is 24.3 Å². The normalized spacial score (nSPS) is 10.0. The lowest BCUT2D eigenvalue weighted by Gasteiger charge is -2.08. The van der Waals surface area contributed by atoms with Crippen molar-refractivity contribution < 1.29 is 18.7 Å². The van der Waals surface area contributed by atoms with Gasteiger partial charge in [0.05, 0.1) is 13.0 Å². The molecule has 0 aliphatic rings. The molecule has 0 saturated carbocycles. The Bertz CT molecular complexity index is 677. The maximum Gasteiger partial charge on any atom is 0.251 e. The number of amides is 2. The highest BCUT2D eigenvalue weighted by atomic mass is 19.1. The van der Waals surface area contributed by atoms with Crippen LogP contribution in [0.5, 0.6) is 5.75 Å². The predicted octanol–water partition coefficient (Wildman–Crippen LogP) is 2.14. The number of para-hydroxylation sites is 1. The summed E-state index contributed by atoms with van der Waals surface area (Å²) in [5.74, 6) is -0.741. The molecule has 0 heterocycles. The molecule has 2 aromatic carbocycles. The van der Waals surface area contributed by atoms with Crippen LogP contribution < -0.4 is 15.4 Å². The van der Waals surface area contributed by atoms with Crippen LogP contribution in [0.3, 0.4) is 0 Å². The summed E-state index contributed by atoms with van der Waals surface area (Å²) in [5, 5.41) is 5.37. The molecule has 0 radical (unpaired) electrons. The van der Waals surface area contributed by atoms with Crippen molar-refractivity contribution in [3.05, 3.63) is 66.0 Å². The number of halogens is 1. The van der Waals surface area contributed by atoms with E-state index in [1.807, 2.05) is 6.07 Å². The van der Waals surface area contributed by atoms with Crippen LogP contribution in [0.1, 0.15) is 16.8 Å². The van der Waals surface area contributed by atoms with Crippen LogP contribution in [0.15, 0.2) is 54.6 Å². The summed E-state index contributed by atoms with van der Waals surface area (Å²) in [5.41, 5.74) is 0.571. The van der Waals surface area contributed by atoms with Crippen molar-refractivity contribution in [1.29, 1.82) is 0 Å². The molecule has 2 amide bonds. The van der Waals surface area contributed by atoms with E-state index in [9.17, 15) is 14.0 Å². The Hall–Kier alpha value is -2.89. The highest BCUT2D eigenvalue weighted by molar-refractivity contribution is 5.94. The number of hydrogen-bond acceptors (Lipinski definition) is 3. The Morgan fingerprint density at radius 1 is 0.917 bits per heavy atom. The Morgan fingerprint density at radius 2 is 1.58 bits per heavy atom. The third-order valence-electron chi connectivity index (χ3n) is 3.19. The molecule has 0 unspecified atom stereocenters. The minimum Gasteiger partial charge on any atom is -0.490 e. The molecule has 0 bridgehead atoms. The molecule has 2 aromatic rings. The zero-order valence-corrected chi connectivity index (χ0v) is 13.1. The van der Waals surface area contributed by atoms with Crippen molar-refractivity contribution in [3.63, 3.8) is 0 Å². The van der Waals surface area contributed by atoms with Gasteiger partial charge in [-0.15, -0.1) is 0 Å². The highest BCUT2D eigenvalue weighted by Gasteiger charge is 2.06. The van der Waals surface area contributed by atoms with Crippen molar-refractivity contribution in [2.45, 2.75) is 6.42 Å². The molecule has 2 rings (SSSR count). The van der Waals surface area contributed by atoms with E-state index in [-0.39, 0.29) is 30.6 Å². The lowest BCUT2D eigenvalue weighted by atomic mass is 10.2. The van der Waals surface area contributed by atoms with E-state index in [1.165, 1.54) is 12.1 Å². The van der Waals surface area contributed by atoms with Gasteiger partial charge in [0.25, 0.3) is 5.91 Å². The summed E-state index contributed by atoms with van der Waals surface area (Å²) in [6.07, 6.45) is 0.112. The minimum absolute atomic E-state index is 0.0864. The second-order valence-corrected chi connectivity index (χ2v) is 5.00. The second kappa shape index (κ2) is 9.29. The van der Waals surface area contributed by atoms with Gasteiger partial charge < -0.3 is 15.4 Å². The van der Waals surface area contributed by atoms with Crippen molar-refractivity contribution >= 4 is 11.8 Å². The molecule has 0 saturated heterocycles. The first-order chi connectivity index (χ1) is 11.7. The van der Waals surface area contributed by atoms with E-state index in [0.29, 0.717) is 18.7 Å². The van der Waals surface area contributed by atoms with E-state index in [4.69, 9.17) is 4.74 Å². The smallest absolute Gasteiger partial charge is 0.251 e. The van der Waals surface area contributed by atoms with Crippen molar-refractivity contribution in [2.75, 3.05) is 19.7 Å². The molecule has 24 heavy (non-hydrogen) atoms. The molecule has 0 spiro atoms. The number of hydrogen-bond donors (Lipinski definition) is 2. The predicted molar refractivity (Wildman–Crippen MR) is 88.3 cm³/mol. The number of carbonyl (C=O) groups is 2. The highest BCUT2D eigenvalue weighted by Crippen LogP contribution is 2.15. The topological polar surface area (TPSA) is 67.4 Å². The van der Waals surface area contributed by atoms with Crippen LogP contribution in [0.25, 0.3) is 0 Å². The summed E-state index contributed by atoms with van der Waals surface area (Å²) in [7, 11) is 0. The molecule has 0 atom stereocenters. The quantitative estimate of drug-likeness (QED) is 0.729. The maximum atomic E-state index is 13.3. The fraction of sp³-hybridized carbons (Fsp3) is 0.222. The first-order valence-electron chi connectivity index (χ1n) is 7.64. The minimum atomic E-state index is -0.457.